The molecule has 4 rings (SSSR count). The average molecular weight is 794 g/mol. The molecule has 5 unspecified atom stereocenters. The maximum absolute atomic E-state index is 14.3. The number of carbonyl (C=O) groups is 5. The molecule has 2 fully saturated rings. The number of aromatic hydroxyl groups is 1. The SMILES string of the molecule is CC(C)C(NC(=O)C(Cc1ccc(O)cc1)CC(O)C(CC1CCCCC1)NC(=O)OC(C)(C)C)C(=O)NC(Cc1ccccc1)C(=O)NC(=O)N1CCOCC1. The van der Waals surface area contributed by atoms with E-state index in [4.69, 9.17) is 9.47 Å². The first-order chi connectivity index (χ1) is 27.1. The summed E-state index contributed by atoms with van der Waals surface area (Å²) in [7, 11) is 0. The Morgan fingerprint density at radius 1 is 0.825 bits per heavy atom. The van der Waals surface area contributed by atoms with Crippen molar-refractivity contribution in [3.63, 3.8) is 0 Å². The number of imide groups is 1. The lowest BCUT2D eigenvalue weighted by Gasteiger charge is -2.33. The summed E-state index contributed by atoms with van der Waals surface area (Å²) in [5.74, 6) is -2.73. The van der Waals surface area contributed by atoms with Crippen LogP contribution in [0.5, 0.6) is 5.75 Å². The Balaban J connectivity index is 1.54. The average Bonchev–Trinajstić information content (AvgIpc) is 3.17. The van der Waals surface area contributed by atoms with Crippen molar-refractivity contribution in [2.75, 3.05) is 26.3 Å². The highest BCUT2D eigenvalue weighted by Crippen LogP contribution is 2.30. The lowest BCUT2D eigenvalue weighted by molar-refractivity contribution is -0.134. The summed E-state index contributed by atoms with van der Waals surface area (Å²) in [5.41, 5.74) is 0.726. The van der Waals surface area contributed by atoms with Crippen LogP contribution >= 0.6 is 0 Å². The number of aliphatic hydroxyl groups excluding tert-OH is 1. The predicted octanol–water partition coefficient (Wildman–Crippen LogP) is 4.60. The van der Waals surface area contributed by atoms with Crippen LogP contribution in [0.15, 0.2) is 54.6 Å². The topological polar surface area (TPSA) is 196 Å². The maximum atomic E-state index is 14.3. The Labute approximate surface area is 336 Å². The summed E-state index contributed by atoms with van der Waals surface area (Å²) in [4.78, 5) is 69.4. The first-order valence-corrected chi connectivity index (χ1v) is 20.4. The fourth-order valence-corrected chi connectivity index (χ4v) is 7.37. The number of phenolic OH excluding ortho intramolecular Hbond substituents is 1. The fraction of sp³-hybridized carbons (Fsp3) is 0.605. The third kappa shape index (κ3) is 15.3. The van der Waals surface area contributed by atoms with E-state index in [0.717, 1.165) is 43.2 Å². The Morgan fingerprint density at radius 2 is 1.46 bits per heavy atom. The molecule has 2 aliphatic rings. The molecule has 1 heterocycles. The van der Waals surface area contributed by atoms with Crippen LogP contribution in [0.4, 0.5) is 9.59 Å². The highest BCUT2D eigenvalue weighted by Gasteiger charge is 2.35. The number of carbonyl (C=O) groups excluding carboxylic acids is 5. The molecule has 2 aromatic rings. The van der Waals surface area contributed by atoms with Gasteiger partial charge in [-0.15, -0.1) is 0 Å². The number of nitrogens with one attached hydrogen (secondary N) is 4. The molecule has 14 nitrogen and oxygen atoms in total. The number of nitrogens with zero attached hydrogens (tertiary/aromatic N) is 1. The number of amides is 6. The number of hydrogen-bond donors (Lipinski definition) is 6. The van der Waals surface area contributed by atoms with Gasteiger partial charge in [0.05, 0.1) is 25.4 Å². The standard InChI is InChI=1S/C43H63N5O9/c1-28(2)37(40(53)44-35(26-30-14-10-7-11-15-30)39(52)47-41(54)48-20-22-56-23-21-48)46-38(51)32(24-31-16-18-33(49)19-17-31)27-36(50)34(25-29-12-8-6-9-13-29)45-42(55)57-43(3,4)5/h7,10-11,14-19,28-29,32,34-37,49-50H,6,8-9,12-13,20-27H2,1-5H3,(H,44,53)(H,45,55)(H,46,51)(H,47,52,54). The molecule has 1 saturated heterocycles. The molecule has 0 bridgehead atoms. The zero-order valence-electron chi connectivity index (χ0n) is 34.1. The third-order valence-corrected chi connectivity index (χ3v) is 10.5. The Bertz CT molecular complexity index is 1600. The molecule has 1 aliphatic carbocycles. The second-order valence-corrected chi connectivity index (χ2v) is 16.7. The van der Waals surface area contributed by atoms with E-state index in [1.165, 1.54) is 17.0 Å². The van der Waals surface area contributed by atoms with Gasteiger partial charge in [-0.2, -0.15) is 0 Å². The highest BCUT2D eigenvalue weighted by molar-refractivity contribution is 5.99. The highest BCUT2D eigenvalue weighted by atomic mass is 16.6. The molecule has 0 spiro atoms. The van der Waals surface area contributed by atoms with E-state index in [1.54, 1.807) is 46.8 Å². The van der Waals surface area contributed by atoms with E-state index in [2.05, 4.69) is 21.3 Å². The Hall–Kier alpha value is -4.69. The van der Waals surface area contributed by atoms with Gasteiger partial charge < -0.3 is 40.5 Å². The summed E-state index contributed by atoms with van der Waals surface area (Å²) >= 11 is 0. The van der Waals surface area contributed by atoms with Gasteiger partial charge in [-0.05, 0) is 75.1 Å². The monoisotopic (exact) mass is 793 g/mol. The second-order valence-electron chi connectivity index (χ2n) is 16.7. The van der Waals surface area contributed by atoms with Gasteiger partial charge in [0.1, 0.15) is 23.4 Å². The predicted molar refractivity (Wildman–Crippen MR) is 215 cm³/mol. The lowest BCUT2D eigenvalue weighted by Crippen LogP contribution is -2.58. The minimum absolute atomic E-state index is 0.0466. The first-order valence-electron chi connectivity index (χ1n) is 20.4. The van der Waals surface area contributed by atoms with Gasteiger partial charge in [-0.25, -0.2) is 9.59 Å². The molecular weight excluding hydrogens is 730 g/mol. The number of benzene rings is 2. The molecule has 57 heavy (non-hydrogen) atoms. The van der Waals surface area contributed by atoms with Crippen LogP contribution in [0.1, 0.15) is 90.7 Å². The Morgan fingerprint density at radius 3 is 2.07 bits per heavy atom. The number of hydrogen-bond acceptors (Lipinski definition) is 9. The van der Waals surface area contributed by atoms with Gasteiger partial charge in [0.15, 0.2) is 0 Å². The summed E-state index contributed by atoms with van der Waals surface area (Å²) in [5, 5.41) is 32.8. The van der Waals surface area contributed by atoms with Crippen molar-refractivity contribution < 1.29 is 43.7 Å². The third-order valence-electron chi connectivity index (χ3n) is 10.5. The zero-order valence-corrected chi connectivity index (χ0v) is 34.1. The summed E-state index contributed by atoms with van der Waals surface area (Å²) < 4.78 is 10.9. The van der Waals surface area contributed by atoms with E-state index >= 15 is 0 Å². The van der Waals surface area contributed by atoms with Crippen LogP contribution in [0.3, 0.4) is 0 Å². The van der Waals surface area contributed by atoms with Crippen molar-refractivity contribution in [3.8, 4) is 5.75 Å². The summed E-state index contributed by atoms with van der Waals surface area (Å²) in [6, 6.07) is 12.0. The van der Waals surface area contributed by atoms with Gasteiger partial charge >= 0.3 is 12.1 Å². The smallest absolute Gasteiger partial charge is 0.407 e. The van der Waals surface area contributed by atoms with Crippen LogP contribution in [0.2, 0.25) is 0 Å². The number of aliphatic hydroxyl groups is 1. The largest absolute Gasteiger partial charge is 0.508 e. The maximum Gasteiger partial charge on any atom is 0.407 e. The van der Waals surface area contributed by atoms with Crippen molar-refractivity contribution >= 4 is 29.8 Å². The minimum atomic E-state index is -1.14. The zero-order chi connectivity index (χ0) is 41.5. The number of phenols is 1. The molecular formula is C43H63N5O9. The van der Waals surface area contributed by atoms with Crippen molar-refractivity contribution in [1.82, 2.24) is 26.2 Å². The van der Waals surface area contributed by atoms with E-state index in [-0.39, 0.29) is 30.9 Å². The van der Waals surface area contributed by atoms with Crippen LogP contribution in [-0.4, -0.2) is 101 Å². The molecule has 14 heteroatoms. The molecule has 314 valence electrons. The van der Waals surface area contributed by atoms with Crippen LogP contribution in [0, 0.1) is 17.8 Å². The Kier molecular flexibility index (Phi) is 17.2. The lowest BCUT2D eigenvalue weighted by atomic mass is 9.82. The number of rotatable bonds is 16. The summed E-state index contributed by atoms with van der Waals surface area (Å²) in [6.07, 6.45) is 4.19. The van der Waals surface area contributed by atoms with Crippen molar-refractivity contribution in [1.29, 1.82) is 0 Å². The quantitative estimate of drug-likeness (QED) is 0.141. The normalized spacial score (nSPS) is 17.7. The van der Waals surface area contributed by atoms with E-state index in [0.29, 0.717) is 32.7 Å². The molecule has 6 amide bonds. The van der Waals surface area contributed by atoms with E-state index < -0.39 is 71.5 Å². The van der Waals surface area contributed by atoms with Crippen LogP contribution in [-0.2, 0) is 36.7 Å². The van der Waals surface area contributed by atoms with Gasteiger partial charge in [0.2, 0.25) is 11.8 Å². The van der Waals surface area contributed by atoms with Gasteiger partial charge in [-0.3, -0.25) is 19.7 Å². The van der Waals surface area contributed by atoms with Gasteiger partial charge in [-0.1, -0.05) is 88.4 Å². The molecule has 6 N–H and O–H groups in total. The van der Waals surface area contributed by atoms with Gasteiger partial charge in [0, 0.05) is 25.4 Å². The van der Waals surface area contributed by atoms with Crippen molar-refractivity contribution in [2.24, 2.45) is 17.8 Å². The molecule has 0 radical (unpaired) electrons. The summed E-state index contributed by atoms with van der Waals surface area (Å²) in [6.45, 7) is 10.2. The molecule has 5 atom stereocenters. The van der Waals surface area contributed by atoms with E-state index in [9.17, 15) is 34.2 Å². The van der Waals surface area contributed by atoms with E-state index in [1.807, 2.05) is 30.3 Å². The fourth-order valence-electron chi connectivity index (χ4n) is 7.37. The first kappa shape index (κ1) is 45.0. The molecule has 0 aromatic heterocycles. The number of alkyl carbamates (subject to hydrolysis) is 1. The molecule has 1 saturated carbocycles. The molecule has 1 aliphatic heterocycles. The van der Waals surface area contributed by atoms with Crippen LogP contribution in [0.25, 0.3) is 0 Å². The van der Waals surface area contributed by atoms with Crippen molar-refractivity contribution in [2.45, 2.75) is 122 Å². The van der Waals surface area contributed by atoms with Crippen molar-refractivity contribution in [3.05, 3.63) is 65.7 Å². The van der Waals surface area contributed by atoms with Gasteiger partial charge in [0.25, 0.3) is 5.91 Å². The number of morpholine rings is 1. The van der Waals surface area contributed by atoms with Crippen LogP contribution < -0.4 is 21.3 Å². The minimum Gasteiger partial charge on any atom is -0.508 e. The molecule has 2 aromatic carbocycles. The number of ether oxygens (including phenoxy) is 2. The number of urea groups is 1. The second kappa shape index (κ2) is 21.7.